The number of carbonyl (C=O) groups excluding carboxylic acids is 1. The van der Waals surface area contributed by atoms with Gasteiger partial charge in [0.25, 0.3) is 0 Å². The highest BCUT2D eigenvalue weighted by Gasteiger charge is 2.36. The van der Waals surface area contributed by atoms with Gasteiger partial charge in [-0.1, -0.05) is 6.92 Å². The average molecular weight is 238 g/mol. The molecule has 1 fully saturated rings. The molecule has 1 aliphatic rings. The molecular weight excluding hydrogens is 220 g/mol. The van der Waals surface area contributed by atoms with Crippen LogP contribution in [-0.4, -0.2) is 12.5 Å². The van der Waals surface area contributed by atoms with Gasteiger partial charge in [-0.15, -0.1) is 11.3 Å². The van der Waals surface area contributed by atoms with Gasteiger partial charge in [-0.2, -0.15) is 0 Å². The smallest absolute Gasteiger partial charge is 0.221 e. The first-order valence-electron chi connectivity index (χ1n) is 5.64. The number of hydrogen-bond donors (Lipinski definition) is 2. The van der Waals surface area contributed by atoms with Crippen LogP contribution in [0, 0.1) is 5.41 Å². The van der Waals surface area contributed by atoms with Crippen molar-refractivity contribution in [1.29, 1.82) is 0 Å². The fourth-order valence-electron chi connectivity index (χ4n) is 1.65. The van der Waals surface area contributed by atoms with E-state index < -0.39 is 0 Å². The van der Waals surface area contributed by atoms with Crippen molar-refractivity contribution in [2.45, 2.75) is 33.2 Å². The van der Waals surface area contributed by atoms with Gasteiger partial charge in [-0.3, -0.25) is 4.79 Å². The maximum absolute atomic E-state index is 11.0. The highest BCUT2D eigenvalue weighted by atomic mass is 32.1. The number of nitrogens with one attached hydrogen (secondary N) is 2. The summed E-state index contributed by atoms with van der Waals surface area (Å²) in [6.07, 6.45) is 2.67. The Bertz CT molecular complexity index is 382. The highest BCUT2D eigenvalue weighted by Crippen LogP contribution is 2.44. The molecule has 88 valence electrons. The minimum absolute atomic E-state index is 0.00574. The van der Waals surface area contributed by atoms with Gasteiger partial charge < -0.3 is 10.6 Å². The van der Waals surface area contributed by atoms with Crippen LogP contribution in [0.3, 0.4) is 0 Å². The zero-order chi connectivity index (χ0) is 11.6. The molecule has 0 bridgehead atoms. The minimum Gasteiger partial charge on any atom is -0.325 e. The Morgan fingerprint density at radius 1 is 1.56 bits per heavy atom. The number of thiophene rings is 1. The largest absolute Gasteiger partial charge is 0.325 e. The fourth-order valence-corrected chi connectivity index (χ4v) is 2.45. The number of amides is 1. The van der Waals surface area contributed by atoms with E-state index in [2.05, 4.69) is 17.6 Å². The molecule has 16 heavy (non-hydrogen) atoms. The van der Waals surface area contributed by atoms with E-state index in [0.29, 0.717) is 5.41 Å². The monoisotopic (exact) mass is 238 g/mol. The SMILES string of the molecule is CC(=O)Nc1ccsc1CNCC1(C)CC1. The molecule has 0 atom stereocenters. The molecule has 1 aromatic rings. The van der Waals surface area contributed by atoms with Gasteiger partial charge in [0.1, 0.15) is 0 Å². The number of carbonyl (C=O) groups is 1. The second-order valence-corrected chi connectivity index (χ2v) is 5.85. The van der Waals surface area contributed by atoms with Crippen LogP contribution in [0.25, 0.3) is 0 Å². The lowest BCUT2D eigenvalue weighted by molar-refractivity contribution is -0.114. The van der Waals surface area contributed by atoms with E-state index in [-0.39, 0.29) is 5.91 Å². The summed E-state index contributed by atoms with van der Waals surface area (Å²) in [5.41, 5.74) is 1.48. The molecule has 0 saturated heterocycles. The third kappa shape index (κ3) is 3.06. The molecule has 1 heterocycles. The first-order chi connectivity index (χ1) is 7.59. The molecular formula is C12H18N2OS. The second-order valence-electron chi connectivity index (χ2n) is 4.85. The first-order valence-corrected chi connectivity index (χ1v) is 6.52. The first kappa shape index (κ1) is 11.6. The lowest BCUT2D eigenvalue weighted by Crippen LogP contribution is -2.21. The Morgan fingerprint density at radius 2 is 2.31 bits per heavy atom. The Morgan fingerprint density at radius 3 is 2.94 bits per heavy atom. The molecule has 0 radical (unpaired) electrons. The molecule has 2 N–H and O–H groups in total. The summed E-state index contributed by atoms with van der Waals surface area (Å²) in [5, 5.41) is 8.33. The normalized spacial score (nSPS) is 17.1. The van der Waals surface area contributed by atoms with Crippen LogP contribution in [0.1, 0.15) is 31.6 Å². The highest BCUT2D eigenvalue weighted by molar-refractivity contribution is 7.10. The van der Waals surface area contributed by atoms with Crippen LogP contribution < -0.4 is 10.6 Å². The predicted molar refractivity (Wildman–Crippen MR) is 67.7 cm³/mol. The summed E-state index contributed by atoms with van der Waals surface area (Å²) in [6, 6.07) is 1.96. The molecule has 1 aliphatic carbocycles. The molecule has 2 rings (SSSR count). The molecule has 0 spiro atoms. The average Bonchev–Trinajstić information content (AvgIpc) is 2.77. The lowest BCUT2D eigenvalue weighted by Gasteiger charge is -2.10. The van der Waals surface area contributed by atoms with Crippen LogP contribution >= 0.6 is 11.3 Å². The Labute approximate surface area is 100 Å². The molecule has 1 aromatic heterocycles. The van der Waals surface area contributed by atoms with Crippen molar-refractivity contribution < 1.29 is 4.79 Å². The summed E-state index contributed by atoms with van der Waals surface area (Å²) >= 11 is 1.69. The molecule has 0 aromatic carbocycles. The van der Waals surface area contributed by atoms with Gasteiger partial charge in [-0.25, -0.2) is 0 Å². The summed E-state index contributed by atoms with van der Waals surface area (Å²) in [5.74, 6) is -0.00574. The predicted octanol–water partition coefficient (Wildman–Crippen LogP) is 2.60. The Hall–Kier alpha value is -0.870. The van der Waals surface area contributed by atoms with Gasteiger partial charge in [-0.05, 0) is 29.7 Å². The zero-order valence-corrected chi connectivity index (χ0v) is 10.6. The third-order valence-electron chi connectivity index (χ3n) is 3.00. The van der Waals surface area contributed by atoms with E-state index in [1.54, 1.807) is 18.3 Å². The zero-order valence-electron chi connectivity index (χ0n) is 9.80. The summed E-state index contributed by atoms with van der Waals surface area (Å²) < 4.78 is 0. The van der Waals surface area contributed by atoms with Crippen molar-refractivity contribution in [3.63, 3.8) is 0 Å². The number of hydrogen-bond acceptors (Lipinski definition) is 3. The van der Waals surface area contributed by atoms with Gasteiger partial charge in [0.2, 0.25) is 5.91 Å². The van der Waals surface area contributed by atoms with Gasteiger partial charge in [0.15, 0.2) is 0 Å². The number of rotatable bonds is 5. The van der Waals surface area contributed by atoms with Crippen LogP contribution in [0.2, 0.25) is 0 Å². The van der Waals surface area contributed by atoms with E-state index in [9.17, 15) is 4.79 Å². The lowest BCUT2D eigenvalue weighted by atomic mass is 10.1. The minimum atomic E-state index is -0.00574. The topological polar surface area (TPSA) is 41.1 Å². The summed E-state index contributed by atoms with van der Waals surface area (Å²) in [7, 11) is 0. The van der Waals surface area contributed by atoms with Gasteiger partial charge in [0.05, 0.1) is 5.69 Å². The fraction of sp³-hybridized carbons (Fsp3) is 0.583. The van der Waals surface area contributed by atoms with Crippen molar-refractivity contribution in [3.8, 4) is 0 Å². The number of anilines is 1. The van der Waals surface area contributed by atoms with Crippen LogP contribution in [-0.2, 0) is 11.3 Å². The molecule has 1 amide bonds. The van der Waals surface area contributed by atoms with Crippen LogP contribution in [0.5, 0.6) is 0 Å². The molecule has 1 saturated carbocycles. The Kier molecular flexibility index (Phi) is 3.30. The third-order valence-corrected chi connectivity index (χ3v) is 3.92. The second kappa shape index (κ2) is 4.55. The van der Waals surface area contributed by atoms with E-state index in [0.717, 1.165) is 18.8 Å². The van der Waals surface area contributed by atoms with E-state index in [1.165, 1.54) is 17.7 Å². The van der Waals surface area contributed by atoms with E-state index in [4.69, 9.17) is 0 Å². The Balaban J connectivity index is 1.83. The molecule has 4 heteroatoms. The van der Waals surface area contributed by atoms with Gasteiger partial charge >= 0.3 is 0 Å². The maximum Gasteiger partial charge on any atom is 0.221 e. The molecule has 3 nitrogen and oxygen atoms in total. The van der Waals surface area contributed by atoms with E-state index >= 15 is 0 Å². The van der Waals surface area contributed by atoms with Crippen molar-refractivity contribution in [1.82, 2.24) is 5.32 Å². The standard InChI is InChI=1S/C12H18N2OS/c1-9(15)14-10-3-6-16-11(10)7-13-8-12(2)4-5-12/h3,6,13H,4-5,7-8H2,1-2H3,(H,14,15). The van der Waals surface area contributed by atoms with Crippen LogP contribution in [0.15, 0.2) is 11.4 Å². The maximum atomic E-state index is 11.0. The van der Waals surface area contributed by atoms with Gasteiger partial charge in [0, 0.05) is 24.9 Å². The summed E-state index contributed by atoms with van der Waals surface area (Å²) in [4.78, 5) is 12.2. The van der Waals surface area contributed by atoms with Crippen molar-refractivity contribution >= 4 is 22.9 Å². The van der Waals surface area contributed by atoms with E-state index in [1.807, 2.05) is 11.4 Å². The summed E-state index contributed by atoms with van der Waals surface area (Å²) in [6.45, 7) is 5.77. The molecule has 0 unspecified atom stereocenters. The van der Waals surface area contributed by atoms with Crippen molar-refractivity contribution in [2.75, 3.05) is 11.9 Å². The van der Waals surface area contributed by atoms with Crippen molar-refractivity contribution in [3.05, 3.63) is 16.3 Å². The van der Waals surface area contributed by atoms with Crippen LogP contribution in [0.4, 0.5) is 5.69 Å². The molecule has 0 aliphatic heterocycles. The quantitative estimate of drug-likeness (QED) is 0.828. The van der Waals surface area contributed by atoms with Crippen molar-refractivity contribution in [2.24, 2.45) is 5.41 Å².